The molecule has 2 unspecified atom stereocenters. The van der Waals surface area contributed by atoms with E-state index in [4.69, 9.17) is 5.73 Å². The highest BCUT2D eigenvalue weighted by atomic mass is 19.4. The zero-order valence-electron chi connectivity index (χ0n) is 9.63. The van der Waals surface area contributed by atoms with Gasteiger partial charge in [0.2, 0.25) is 5.91 Å². The van der Waals surface area contributed by atoms with E-state index in [-0.39, 0.29) is 24.9 Å². The van der Waals surface area contributed by atoms with Crippen LogP contribution in [0.5, 0.6) is 0 Å². The lowest BCUT2D eigenvalue weighted by molar-refractivity contribution is -0.253. The average Bonchev–Trinajstić information content (AvgIpc) is 2.57. The van der Waals surface area contributed by atoms with Crippen molar-refractivity contribution in [3.63, 3.8) is 0 Å². The van der Waals surface area contributed by atoms with E-state index < -0.39 is 24.7 Å². The van der Waals surface area contributed by atoms with Gasteiger partial charge in [-0.25, -0.2) is 0 Å². The van der Waals surface area contributed by atoms with Gasteiger partial charge in [-0.1, -0.05) is 0 Å². The summed E-state index contributed by atoms with van der Waals surface area (Å²) >= 11 is 0. The summed E-state index contributed by atoms with van der Waals surface area (Å²) < 4.78 is 37.5. The number of alkyl halides is 3. The third-order valence-electron chi connectivity index (χ3n) is 2.94. The van der Waals surface area contributed by atoms with Crippen molar-refractivity contribution >= 4 is 5.91 Å². The number of likely N-dealkylation sites (tertiary alicyclic amines) is 1. The Kier molecular flexibility index (Phi) is 4.03. The summed E-state index contributed by atoms with van der Waals surface area (Å²) in [5, 5.41) is 9.38. The minimum absolute atomic E-state index is 0.0617. The van der Waals surface area contributed by atoms with Gasteiger partial charge in [0.15, 0.2) is 5.60 Å². The molecule has 1 fully saturated rings. The molecule has 1 aliphatic rings. The highest BCUT2D eigenvalue weighted by molar-refractivity contribution is 5.76. The summed E-state index contributed by atoms with van der Waals surface area (Å²) in [5.74, 6) is -0.387. The van der Waals surface area contributed by atoms with Gasteiger partial charge in [0, 0.05) is 25.4 Å². The number of nitrogens with two attached hydrogens (primary N) is 1. The molecule has 0 radical (unpaired) electrons. The van der Waals surface area contributed by atoms with Crippen molar-refractivity contribution in [3.8, 4) is 0 Å². The average molecular weight is 254 g/mol. The van der Waals surface area contributed by atoms with E-state index in [0.717, 1.165) is 4.90 Å². The van der Waals surface area contributed by atoms with Crippen LogP contribution in [0, 0.1) is 0 Å². The molecule has 2 atom stereocenters. The molecule has 0 aromatic rings. The Labute approximate surface area is 97.6 Å². The number of hydrogen-bond donors (Lipinski definition) is 2. The third kappa shape index (κ3) is 3.32. The molecule has 3 N–H and O–H groups in total. The van der Waals surface area contributed by atoms with Crippen LogP contribution in [-0.4, -0.2) is 46.8 Å². The molecule has 0 aliphatic carbocycles. The Balaban J connectivity index is 2.53. The first-order chi connectivity index (χ1) is 7.66. The van der Waals surface area contributed by atoms with Gasteiger partial charge >= 0.3 is 6.18 Å². The van der Waals surface area contributed by atoms with Crippen LogP contribution in [0.2, 0.25) is 0 Å². The number of hydrogen-bond acceptors (Lipinski definition) is 3. The molecule has 0 aromatic carbocycles. The minimum Gasteiger partial charge on any atom is -0.379 e. The number of halogens is 3. The molecular weight excluding hydrogens is 237 g/mol. The first-order valence-corrected chi connectivity index (χ1v) is 5.48. The van der Waals surface area contributed by atoms with Gasteiger partial charge < -0.3 is 15.7 Å². The van der Waals surface area contributed by atoms with Gasteiger partial charge in [0.05, 0.1) is 6.54 Å². The van der Waals surface area contributed by atoms with Crippen molar-refractivity contribution in [1.29, 1.82) is 0 Å². The maximum atomic E-state index is 12.5. The number of β-amino-alcohol motifs (C(OH)–C–C–N with tert-alkyl or cyclic N) is 1. The second-order valence-electron chi connectivity index (χ2n) is 4.61. The Bertz CT molecular complexity index is 294. The van der Waals surface area contributed by atoms with E-state index in [2.05, 4.69) is 0 Å². The van der Waals surface area contributed by atoms with Gasteiger partial charge in [-0.05, 0) is 13.3 Å². The van der Waals surface area contributed by atoms with Crippen LogP contribution in [0.1, 0.15) is 26.2 Å². The third-order valence-corrected chi connectivity index (χ3v) is 2.94. The van der Waals surface area contributed by atoms with E-state index in [1.807, 2.05) is 0 Å². The van der Waals surface area contributed by atoms with Crippen LogP contribution >= 0.6 is 0 Å². The Morgan fingerprint density at radius 3 is 2.59 bits per heavy atom. The topological polar surface area (TPSA) is 66.6 Å². The van der Waals surface area contributed by atoms with E-state index in [9.17, 15) is 23.1 Å². The first-order valence-electron chi connectivity index (χ1n) is 5.48. The number of rotatable bonds is 3. The van der Waals surface area contributed by atoms with Crippen LogP contribution in [-0.2, 0) is 4.79 Å². The number of carbonyl (C=O) groups excluding carboxylic acids is 1. The summed E-state index contributed by atoms with van der Waals surface area (Å²) in [6, 6.07) is -0.164. The summed E-state index contributed by atoms with van der Waals surface area (Å²) in [6.45, 7) is 0.991. The molecular formula is C10H17F3N2O2. The number of carbonyl (C=O) groups is 1. The van der Waals surface area contributed by atoms with E-state index in [1.54, 1.807) is 6.92 Å². The molecule has 0 spiro atoms. The lowest BCUT2D eigenvalue weighted by Crippen LogP contribution is -2.48. The van der Waals surface area contributed by atoms with Crippen molar-refractivity contribution in [2.24, 2.45) is 5.73 Å². The molecule has 17 heavy (non-hydrogen) atoms. The van der Waals surface area contributed by atoms with Crippen molar-refractivity contribution in [2.45, 2.75) is 44.0 Å². The summed E-state index contributed by atoms with van der Waals surface area (Å²) in [6.07, 6.45) is -4.60. The van der Waals surface area contributed by atoms with Crippen LogP contribution in [0.4, 0.5) is 13.2 Å². The lowest BCUT2D eigenvalue weighted by Gasteiger charge is -2.26. The van der Waals surface area contributed by atoms with Crippen molar-refractivity contribution in [2.75, 3.05) is 13.1 Å². The quantitative estimate of drug-likeness (QED) is 0.776. The zero-order chi connectivity index (χ0) is 13.3. The summed E-state index contributed by atoms with van der Waals surface area (Å²) in [5.41, 5.74) is 2.71. The molecule has 7 heteroatoms. The predicted octanol–water partition coefficient (Wildman–Crippen LogP) is 0.639. The van der Waals surface area contributed by atoms with Crippen LogP contribution < -0.4 is 5.73 Å². The summed E-state index contributed by atoms with van der Waals surface area (Å²) in [4.78, 5) is 12.6. The predicted molar refractivity (Wildman–Crippen MR) is 55.1 cm³/mol. The highest BCUT2D eigenvalue weighted by Crippen LogP contribution is 2.37. The fraction of sp³-hybridized carbons (Fsp3) is 0.900. The van der Waals surface area contributed by atoms with E-state index in [0.29, 0.717) is 6.42 Å². The molecule has 100 valence electrons. The van der Waals surface area contributed by atoms with Crippen molar-refractivity contribution < 1.29 is 23.1 Å². The Hall–Kier alpha value is -0.820. The standard InChI is InChI=1S/C10H17F3N2O2/c1-7(14)2-3-8(16)15-5-4-9(17,6-15)10(11,12)13/h7,17H,2-6,14H2,1H3. The van der Waals surface area contributed by atoms with Crippen molar-refractivity contribution in [1.82, 2.24) is 4.90 Å². The number of nitrogens with zero attached hydrogens (tertiary/aromatic N) is 1. The van der Waals surface area contributed by atoms with Crippen LogP contribution in [0.25, 0.3) is 0 Å². The van der Waals surface area contributed by atoms with Gasteiger partial charge in [0.1, 0.15) is 0 Å². The number of aliphatic hydroxyl groups is 1. The van der Waals surface area contributed by atoms with Gasteiger partial charge in [0.25, 0.3) is 0 Å². The van der Waals surface area contributed by atoms with Gasteiger partial charge in [-0.2, -0.15) is 13.2 Å². The second-order valence-corrected chi connectivity index (χ2v) is 4.61. The molecule has 4 nitrogen and oxygen atoms in total. The monoisotopic (exact) mass is 254 g/mol. The number of amides is 1. The molecule has 1 aliphatic heterocycles. The Morgan fingerprint density at radius 2 is 2.18 bits per heavy atom. The summed E-state index contributed by atoms with van der Waals surface area (Å²) in [7, 11) is 0. The molecule has 0 aromatic heterocycles. The fourth-order valence-corrected chi connectivity index (χ4v) is 1.75. The van der Waals surface area contributed by atoms with E-state index >= 15 is 0 Å². The van der Waals surface area contributed by atoms with Gasteiger partial charge in [-0.15, -0.1) is 0 Å². The largest absolute Gasteiger partial charge is 0.419 e. The molecule has 0 saturated carbocycles. The molecule has 1 rings (SSSR count). The van der Waals surface area contributed by atoms with E-state index in [1.165, 1.54) is 0 Å². The normalized spacial score (nSPS) is 27.3. The molecule has 0 bridgehead atoms. The first kappa shape index (κ1) is 14.2. The lowest BCUT2D eigenvalue weighted by atomic mass is 10.0. The maximum Gasteiger partial charge on any atom is 0.419 e. The Morgan fingerprint density at radius 1 is 1.59 bits per heavy atom. The molecule has 1 saturated heterocycles. The van der Waals surface area contributed by atoms with Crippen LogP contribution in [0.15, 0.2) is 0 Å². The minimum atomic E-state index is -4.69. The van der Waals surface area contributed by atoms with Crippen molar-refractivity contribution in [3.05, 3.63) is 0 Å². The molecule has 1 amide bonds. The molecule has 1 heterocycles. The van der Waals surface area contributed by atoms with Crippen LogP contribution in [0.3, 0.4) is 0 Å². The highest BCUT2D eigenvalue weighted by Gasteiger charge is 2.57. The fourth-order valence-electron chi connectivity index (χ4n) is 1.75. The van der Waals surface area contributed by atoms with Gasteiger partial charge in [-0.3, -0.25) is 4.79 Å². The second kappa shape index (κ2) is 4.81. The SMILES string of the molecule is CC(N)CCC(=O)N1CCC(O)(C(F)(F)F)C1. The zero-order valence-corrected chi connectivity index (χ0v) is 9.63. The maximum absolute atomic E-state index is 12.5. The smallest absolute Gasteiger partial charge is 0.379 e.